The van der Waals surface area contributed by atoms with Crippen molar-refractivity contribution in [3.05, 3.63) is 11.8 Å². The second-order valence-electron chi connectivity index (χ2n) is 5.40. The van der Waals surface area contributed by atoms with E-state index in [-0.39, 0.29) is 11.8 Å². The zero-order valence-corrected chi connectivity index (χ0v) is 12.0. The molecule has 0 aromatic carbocycles. The van der Waals surface area contributed by atoms with Gasteiger partial charge in [0.25, 0.3) is 0 Å². The molecule has 7 nitrogen and oxygen atoms in total. The predicted octanol–water partition coefficient (Wildman–Crippen LogP) is -0.0927. The summed E-state index contributed by atoms with van der Waals surface area (Å²) in [6, 6.07) is 0.410. The van der Waals surface area contributed by atoms with Crippen molar-refractivity contribution in [2.24, 2.45) is 0 Å². The third-order valence-corrected chi connectivity index (χ3v) is 3.28. The number of hydrogen-bond donors (Lipinski definition) is 0. The predicted molar refractivity (Wildman–Crippen MR) is 69.7 cm³/mol. The van der Waals surface area contributed by atoms with Gasteiger partial charge in [0.2, 0.25) is 5.89 Å². The number of carbonyl (C=O) groups excluding carboxylic acids is 1. The van der Waals surface area contributed by atoms with E-state index in [0.29, 0.717) is 18.5 Å². The van der Waals surface area contributed by atoms with E-state index in [2.05, 4.69) is 15.1 Å². The monoisotopic (exact) mass is 267 g/mol. The first-order valence-electron chi connectivity index (χ1n) is 6.40. The molecule has 1 aliphatic heterocycles. The van der Waals surface area contributed by atoms with Gasteiger partial charge in [-0.15, -0.1) is 10.2 Å². The zero-order valence-electron chi connectivity index (χ0n) is 12.0. The van der Waals surface area contributed by atoms with Crippen LogP contribution in [0.2, 0.25) is 0 Å². The Morgan fingerprint density at radius 2 is 2.11 bits per heavy atom. The molecule has 0 N–H and O–H groups in total. The van der Waals surface area contributed by atoms with E-state index in [4.69, 9.17) is 4.42 Å². The lowest BCUT2D eigenvalue weighted by atomic mass is 10.2. The van der Waals surface area contributed by atoms with E-state index in [0.717, 1.165) is 19.5 Å². The third-order valence-electron chi connectivity index (χ3n) is 3.28. The molecule has 1 aliphatic rings. The summed E-state index contributed by atoms with van der Waals surface area (Å²) in [5.74, 6) is 0.398. The second kappa shape index (κ2) is 5.66. The molecule has 19 heavy (non-hydrogen) atoms. The highest BCUT2D eigenvalue weighted by molar-refractivity contribution is 5.89. The van der Waals surface area contributed by atoms with Gasteiger partial charge in [-0.25, -0.2) is 0 Å². The zero-order chi connectivity index (χ0) is 14.0. The number of amides is 1. The summed E-state index contributed by atoms with van der Waals surface area (Å²) in [6.45, 7) is 2.00. The van der Waals surface area contributed by atoms with Gasteiger partial charge in [0.05, 0.1) is 6.54 Å². The maximum Gasteiger partial charge on any atom is 0.311 e. The van der Waals surface area contributed by atoms with E-state index < -0.39 is 0 Å². The highest BCUT2D eigenvalue weighted by Gasteiger charge is 2.30. The van der Waals surface area contributed by atoms with Crippen LogP contribution in [0, 0.1) is 0 Å². The lowest BCUT2D eigenvalue weighted by molar-refractivity contribution is 0.0740. The smallest absolute Gasteiger partial charge is 0.311 e. The summed E-state index contributed by atoms with van der Waals surface area (Å²) < 4.78 is 5.40. The summed E-state index contributed by atoms with van der Waals surface area (Å²) in [6.07, 6.45) is 0.984. The fraction of sp³-hybridized carbons (Fsp3) is 0.750. The molecule has 0 radical (unpaired) electrons. The number of likely N-dealkylation sites (N-methyl/N-ethyl adjacent to an activating group) is 1. The van der Waals surface area contributed by atoms with Gasteiger partial charge in [0, 0.05) is 19.1 Å². The number of rotatable bonds is 4. The SMILES string of the molecule is CN(C)Cc1nnc(C(=O)N2CC[C@H](N(C)C)C2)o1. The van der Waals surface area contributed by atoms with Crippen LogP contribution in [0.3, 0.4) is 0 Å². The van der Waals surface area contributed by atoms with Crippen molar-refractivity contribution in [1.29, 1.82) is 0 Å². The number of likely N-dealkylation sites (tertiary alicyclic amines) is 1. The van der Waals surface area contributed by atoms with Crippen molar-refractivity contribution < 1.29 is 9.21 Å². The maximum atomic E-state index is 12.2. The Bertz CT molecular complexity index is 443. The minimum Gasteiger partial charge on any atom is -0.415 e. The fourth-order valence-corrected chi connectivity index (χ4v) is 2.16. The molecule has 1 aromatic heterocycles. The topological polar surface area (TPSA) is 65.7 Å². The molecule has 106 valence electrons. The van der Waals surface area contributed by atoms with Crippen molar-refractivity contribution in [1.82, 2.24) is 24.9 Å². The highest BCUT2D eigenvalue weighted by Crippen LogP contribution is 2.16. The van der Waals surface area contributed by atoms with Gasteiger partial charge < -0.3 is 19.1 Å². The van der Waals surface area contributed by atoms with Gasteiger partial charge in [-0.05, 0) is 34.6 Å². The van der Waals surface area contributed by atoms with Crippen LogP contribution < -0.4 is 0 Å². The first kappa shape index (κ1) is 14.0. The molecule has 2 rings (SSSR count). The van der Waals surface area contributed by atoms with Crippen LogP contribution in [-0.2, 0) is 6.54 Å². The van der Waals surface area contributed by atoms with Crippen LogP contribution in [0.5, 0.6) is 0 Å². The van der Waals surface area contributed by atoms with Crippen molar-refractivity contribution in [2.45, 2.75) is 19.0 Å². The lowest BCUT2D eigenvalue weighted by Gasteiger charge is -2.19. The normalized spacial score (nSPS) is 19.7. The maximum absolute atomic E-state index is 12.2. The summed E-state index contributed by atoms with van der Waals surface area (Å²) >= 11 is 0. The Kier molecular flexibility index (Phi) is 4.16. The van der Waals surface area contributed by atoms with Crippen LogP contribution in [0.25, 0.3) is 0 Å². The Morgan fingerprint density at radius 1 is 1.37 bits per heavy atom. The number of aromatic nitrogens is 2. The first-order valence-corrected chi connectivity index (χ1v) is 6.40. The highest BCUT2D eigenvalue weighted by atomic mass is 16.4. The van der Waals surface area contributed by atoms with Gasteiger partial charge >= 0.3 is 11.8 Å². The average Bonchev–Trinajstić information content (AvgIpc) is 2.95. The molecule has 1 saturated heterocycles. The Hall–Kier alpha value is -1.47. The molecule has 0 aliphatic carbocycles. The van der Waals surface area contributed by atoms with E-state index in [1.54, 1.807) is 4.90 Å². The van der Waals surface area contributed by atoms with E-state index in [1.807, 2.05) is 33.1 Å². The molecular weight excluding hydrogens is 246 g/mol. The Morgan fingerprint density at radius 3 is 2.68 bits per heavy atom. The second-order valence-corrected chi connectivity index (χ2v) is 5.40. The summed E-state index contributed by atoms with van der Waals surface area (Å²) in [7, 11) is 7.88. The minimum atomic E-state index is -0.165. The van der Waals surface area contributed by atoms with Gasteiger partial charge in [-0.2, -0.15) is 0 Å². The summed E-state index contributed by atoms with van der Waals surface area (Å²) in [4.78, 5) is 18.0. The van der Waals surface area contributed by atoms with E-state index >= 15 is 0 Å². The van der Waals surface area contributed by atoms with Crippen LogP contribution in [0.4, 0.5) is 0 Å². The molecule has 1 fully saturated rings. The van der Waals surface area contributed by atoms with Gasteiger partial charge in [-0.1, -0.05) is 0 Å². The van der Waals surface area contributed by atoms with Gasteiger partial charge in [0.15, 0.2) is 0 Å². The number of carbonyl (C=O) groups is 1. The fourth-order valence-electron chi connectivity index (χ4n) is 2.16. The van der Waals surface area contributed by atoms with Crippen LogP contribution in [0.1, 0.15) is 23.0 Å². The van der Waals surface area contributed by atoms with Crippen molar-refractivity contribution in [2.75, 3.05) is 41.3 Å². The van der Waals surface area contributed by atoms with Crippen LogP contribution in [-0.4, -0.2) is 78.1 Å². The van der Waals surface area contributed by atoms with Crippen LogP contribution >= 0.6 is 0 Å². The molecule has 1 atom stereocenters. The Balaban J connectivity index is 1.98. The molecule has 0 unspecified atom stereocenters. The lowest BCUT2D eigenvalue weighted by Crippen LogP contribution is -2.34. The molecule has 0 spiro atoms. The molecular formula is C12H21N5O2. The molecule has 2 heterocycles. The van der Waals surface area contributed by atoms with E-state index in [1.165, 1.54) is 0 Å². The minimum absolute atomic E-state index is 0.0938. The Labute approximate surface area is 113 Å². The third kappa shape index (κ3) is 3.30. The standard InChI is InChI=1S/C12H21N5O2/c1-15(2)8-10-13-14-11(19-10)12(18)17-6-5-9(7-17)16(3)4/h9H,5-8H2,1-4H3/t9-/m0/s1. The van der Waals surface area contributed by atoms with Crippen molar-refractivity contribution in [3.8, 4) is 0 Å². The molecule has 1 amide bonds. The summed E-state index contributed by atoms with van der Waals surface area (Å²) in [5, 5.41) is 7.72. The largest absolute Gasteiger partial charge is 0.415 e. The molecule has 0 bridgehead atoms. The van der Waals surface area contributed by atoms with E-state index in [9.17, 15) is 4.79 Å². The van der Waals surface area contributed by atoms with Gasteiger partial charge in [0.1, 0.15) is 0 Å². The quantitative estimate of drug-likeness (QED) is 0.759. The first-order chi connectivity index (χ1) is 8.97. The van der Waals surface area contributed by atoms with Crippen molar-refractivity contribution >= 4 is 5.91 Å². The summed E-state index contributed by atoms with van der Waals surface area (Å²) in [5.41, 5.74) is 0. The average molecular weight is 267 g/mol. The van der Waals surface area contributed by atoms with Crippen LogP contribution in [0.15, 0.2) is 4.42 Å². The molecule has 7 heteroatoms. The van der Waals surface area contributed by atoms with Gasteiger partial charge in [-0.3, -0.25) is 4.79 Å². The number of hydrogen-bond acceptors (Lipinski definition) is 6. The molecule has 1 aromatic rings. The molecule has 0 saturated carbocycles. The number of nitrogens with zero attached hydrogens (tertiary/aromatic N) is 5. The van der Waals surface area contributed by atoms with Crippen molar-refractivity contribution in [3.63, 3.8) is 0 Å².